The third-order valence-electron chi connectivity index (χ3n) is 3.80. The summed E-state index contributed by atoms with van der Waals surface area (Å²) in [6.07, 6.45) is 2.58. The van der Waals surface area contributed by atoms with Gasteiger partial charge in [-0.3, -0.25) is 9.69 Å². The van der Waals surface area contributed by atoms with E-state index in [-0.39, 0.29) is 5.91 Å². The molecule has 1 saturated carbocycles. The summed E-state index contributed by atoms with van der Waals surface area (Å²) < 4.78 is 5.10. The topological polar surface area (TPSA) is 67.6 Å². The Hall–Kier alpha value is -1.75. The second kappa shape index (κ2) is 6.80. The van der Waals surface area contributed by atoms with Gasteiger partial charge in [0.15, 0.2) is 0 Å². The highest BCUT2D eigenvalue weighted by atomic mass is 16.5. The summed E-state index contributed by atoms with van der Waals surface area (Å²) in [5, 5.41) is 2.88. The largest absolute Gasteiger partial charge is 0.497 e. The lowest BCUT2D eigenvalue weighted by molar-refractivity contribution is -0.117. The van der Waals surface area contributed by atoms with Gasteiger partial charge in [0.1, 0.15) is 5.75 Å². The van der Waals surface area contributed by atoms with Gasteiger partial charge >= 0.3 is 0 Å². The lowest BCUT2D eigenvalue weighted by atomic mass is 10.2. The average molecular weight is 291 g/mol. The second-order valence-electron chi connectivity index (χ2n) is 5.97. The number of hydrogen-bond acceptors (Lipinski definition) is 4. The molecule has 0 aromatic heterocycles. The highest BCUT2D eigenvalue weighted by Gasteiger charge is 2.26. The van der Waals surface area contributed by atoms with Crippen LogP contribution >= 0.6 is 0 Å². The van der Waals surface area contributed by atoms with Gasteiger partial charge in [-0.15, -0.1) is 0 Å². The molecule has 0 unspecified atom stereocenters. The molecule has 1 aromatic rings. The number of carbonyl (C=O) groups excluding carboxylic acids is 1. The predicted octanol–water partition coefficient (Wildman–Crippen LogP) is 2.34. The van der Waals surface area contributed by atoms with E-state index in [0.717, 1.165) is 12.5 Å². The molecule has 116 valence electrons. The van der Waals surface area contributed by atoms with Crippen LogP contribution in [0.3, 0.4) is 0 Å². The summed E-state index contributed by atoms with van der Waals surface area (Å²) in [7, 11) is 1.59. The molecule has 0 bridgehead atoms. The molecule has 0 heterocycles. The lowest BCUT2D eigenvalue weighted by Crippen LogP contribution is -2.39. The van der Waals surface area contributed by atoms with Crippen LogP contribution in [0.2, 0.25) is 0 Å². The molecule has 21 heavy (non-hydrogen) atoms. The molecule has 0 aliphatic heterocycles. The smallest absolute Gasteiger partial charge is 0.238 e. The number of amides is 1. The van der Waals surface area contributed by atoms with Crippen molar-refractivity contribution in [1.29, 1.82) is 0 Å². The quantitative estimate of drug-likeness (QED) is 0.757. The molecular weight excluding hydrogens is 266 g/mol. The molecule has 0 spiro atoms. The molecule has 1 aliphatic carbocycles. The van der Waals surface area contributed by atoms with E-state index in [0.29, 0.717) is 29.7 Å². The first-order valence-electron chi connectivity index (χ1n) is 7.47. The second-order valence-corrected chi connectivity index (χ2v) is 5.97. The summed E-state index contributed by atoms with van der Waals surface area (Å²) in [5.41, 5.74) is 7.07. The van der Waals surface area contributed by atoms with Crippen LogP contribution in [0, 0.1) is 5.92 Å². The summed E-state index contributed by atoms with van der Waals surface area (Å²) in [6, 6.07) is 5.63. The van der Waals surface area contributed by atoms with Gasteiger partial charge in [-0.25, -0.2) is 0 Å². The molecule has 2 rings (SSSR count). The van der Waals surface area contributed by atoms with Crippen LogP contribution in [-0.4, -0.2) is 37.0 Å². The Kier molecular flexibility index (Phi) is 5.07. The number of nitrogens with zero attached hydrogens (tertiary/aromatic N) is 1. The normalized spacial score (nSPS) is 14.5. The van der Waals surface area contributed by atoms with Gasteiger partial charge in [0.05, 0.1) is 25.0 Å². The summed E-state index contributed by atoms with van der Waals surface area (Å²) >= 11 is 0. The minimum absolute atomic E-state index is 0.0267. The molecule has 1 amide bonds. The SMILES string of the molecule is COc1ccc(NC(=O)CN(CC2CC2)C(C)C)c(N)c1. The van der Waals surface area contributed by atoms with Crippen molar-refractivity contribution in [3.05, 3.63) is 18.2 Å². The Morgan fingerprint density at radius 3 is 2.71 bits per heavy atom. The molecule has 0 saturated heterocycles. The van der Waals surface area contributed by atoms with Gasteiger partial charge in [0.2, 0.25) is 5.91 Å². The number of hydrogen-bond donors (Lipinski definition) is 2. The van der Waals surface area contributed by atoms with E-state index in [9.17, 15) is 4.79 Å². The first kappa shape index (κ1) is 15.6. The number of nitrogen functional groups attached to an aromatic ring is 1. The zero-order valence-corrected chi connectivity index (χ0v) is 13.1. The maximum atomic E-state index is 12.2. The highest BCUT2D eigenvalue weighted by molar-refractivity contribution is 5.95. The number of benzene rings is 1. The van der Waals surface area contributed by atoms with Crippen LogP contribution in [0.25, 0.3) is 0 Å². The van der Waals surface area contributed by atoms with Crippen LogP contribution in [0.15, 0.2) is 18.2 Å². The van der Waals surface area contributed by atoms with Gasteiger partial charge < -0.3 is 15.8 Å². The Balaban J connectivity index is 1.93. The zero-order chi connectivity index (χ0) is 15.4. The number of anilines is 2. The first-order valence-corrected chi connectivity index (χ1v) is 7.47. The van der Waals surface area contributed by atoms with Crippen molar-refractivity contribution in [2.75, 3.05) is 31.2 Å². The van der Waals surface area contributed by atoms with E-state index < -0.39 is 0 Å². The minimum atomic E-state index is -0.0267. The molecule has 0 atom stereocenters. The van der Waals surface area contributed by atoms with Crippen LogP contribution in [0.1, 0.15) is 26.7 Å². The van der Waals surface area contributed by atoms with Crippen molar-refractivity contribution in [1.82, 2.24) is 4.90 Å². The van der Waals surface area contributed by atoms with E-state index >= 15 is 0 Å². The van der Waals surface area contributed by atoms with Gasteiger partial charge in [-0.05, 0) is 44.7 Å². The molecule has 5 nitrogen and oxygen atoms in total. The van der Waals surface area contributed by atoms with Crippen molar-refractivity contribution in [3.8, 4) is 5.75 Å². The van der Waals surface area contributed by atoms with E-state index in [4.69, 9.17) is 10.5 Å². The van der Waals surface area contributed by atoms with Crippen molar-refractivity contribution in [3.63, 3.8) is 0 Å². The minimum Gasteiger partial charge on any atom is -0.497 e. The number of rotatable bonds is 7. The van der Waals surface area contributed by atoms with Crippen LogP contribution in [0.4, 0.5) is 11.4 Å². The van der Waals surface area contributed by atoms with Crippen LogP contribution in [-0.2, 0) is 4.79 Å². The number of carbonyl (C=O) groups is 1. The summed E-state index contributed by atoms with van der Waals surface area (Å²) in [6.45, 7) is 5.65. The Bertz CT molecular complexity index is 498. The lowest BCUT2D eigenvalue weighted by Gasteiger charge is -2.25. The molecule has 1 fully saturated rings. The molecule has 5 heteroatoms. The summed E-state index contributed by atoms with van der Waals surface area (Å²) in [4.78, 5) is 14.4. The van der Waals surface area contributed by atoms with Gasteiger partial charge in [0, 0.05) is 18.7 Å². The van der Waals surface area contributed by atoms with Gasteiger partial charge in [-0.2, -0.15) is 0 Å². The van der Waals surface area contributed by atoms with Crippen molar-refractivity contribution < 1.29 is 9.53 Å². The highest BCUT2D eigenvalue weighted by Crippen LogP contribution is 2.30. The van der Waals surface area contributed by atoms with E-state index in [1.807, 2.05) is 0 Å². The number of methoxy groups -OCH3 is 1. The predicted molar refractivity (Wildman–Crippen MR) is 85.5 cm³/mol. The van der Waals surface area contributed by atoms with E-state index in [1.165, 1.54) is 12.8 Å². The van der Waals surface area contributed by atoms with E-state index in [2.05, 4.69) is 24.1 Å². The number of nitrogens with one attached hydrogen (secondary N) is 1. The Morgan fingerprint density at radius 1 is 1.48 bits per heavy atom. The van der Waals surface area contributed by atoms with Crippen LogP contribution < -0.4 is 15.8 Å². The van der Waals surface area contributed by atoms with Crippen molar-refractivity contribution in [2.45, 2.75) is 32.7 Å². The first-order chi connectivity index (χ1) is 9.99. The van der Waals surface area contributed by atoms with Gasteiger partial charge in [0.25, 0.3) is 0 Å². The summed E-state index contributed by atoms with van der Waals surface area (Å²) in [5.74, 6) is 1.43. The third-order valence-corrected chi connectivity index (χ3v) is 3.80. The maximum absolute atomic E-state index is 12.2. The number of ether oxygens (including phenoxy) is 1. The fourth-order valence-corrected chi connectivity index (χ4v) is 2.25. The molecule has 1 aliphatic rings. The van der Waals surface area contributed by atoms with Crippen molar-refractivity contribution >= 4 is 17.3 Å². The zero-order valence-electron chi connectivity index (χ0n) is 13.1. The van der Waals surface area contributed by atoms with E-state index in [1.54, 1.807) is 25.3 Å². The number of nitrogens with two attached hydrogens (primary N) is 1. The Labute approximate surface area is 126 Å². The molecule has 0 radical (unpaired) electrons. The molecular formula is C16H25N3O2. The Morgan fingerprint density at radius 2 is 2.19 bits per heavy atom. The molecule has 1 aromatic carbocycles. The molecule has 3 N–H and O–H groups in total. The van der Waals surface area contributed by atoms with Gasteiger partial charge in [-0.1, -0.05) is 0 Å². The van der Waals surface area contributed by atoms with Crippen molar-refractivity contribution in [2.24, 2.45) is 5.92 Å². The maximum Gasteiger partial charge on any atom is 0.238 e. The standard InChI is InChI=1S/C16H25N3O2/c1-11(2)19(9-12-4-5-12)10-16(20)18-15-7-6-13(21-3)8-14(15)17/h6-8,11-12H,4-5,9-10,17H2,1-3H3,(H,18,20). The van der Waals surface area contributed by atoms with Crippen LogP contribution in [0.5, 0.6) is 5.75 Å². The fraction of sp³-hybridized carbons (Fsp3) is 0.562. The fourth-order valence-electron chi connectivity index (χ4n) is 2.25. The third kappa shape index (κ3) is 4.63. The monoisotopic (exact) mass is 291 g/mol. The average Bonchev–Trinajstić information content (AvgIpc) is 3.24.